The fourth-order valence-electron chi connectivity index (χ4n) is 2.76. The average Bonchev–Trinajstić information content (AvgIpc) is 2.37. The van der Waals surface area contributed by atoms with Crippen molar-refractivity contribution in [1.82, 2.24) is 10.6 Å². The lowest BCUT2D eigenvalue weighted by Crippen LogP contribution is -2.28. The Hall–Kier alpha value is -0.570. The minimum Gasteiger partial charge on any atom is -0.356 e. The van der Waals surface area contributed by atoms with Gasteiger partial charge >= 0.3 is 0 Å². The molecule has 0 saturated heterocycles. The van der Waals surface area contributed by atoms with E-state index in [1.165, 1.54) is 32.1 Å². The second-order valence-corrected chi connectivity index (χ2v) is 6.48. The minimum atomic E-state index is 0.217. The topological polar surface area (TPSA) is 41.1 Å². The summed E-state index contributed by atoms with van der Waals surface area (Å²) in [4.78, 5) is 11.6. The standard InChI is InChI=1S/C16H32N2O/c1-13(2)17-11-4-5-16(19)18-12-10-15-8-6-14(3)7-9-15/h13-15,17H,4-12H2,1-3H3,(H,18,19). The Morgan fingerprint density at radius 3 is 2.47 bits per heavy atom. The van der Waals surface area contributed by atoms with Gasteiger partial charge in [-0.3, -0.25) is 4.79 Å². The molecule has 1 aliphatic rings. The molecule has 0 bridgehead atoms. The molecule has 1 aliphatic carbocycles. The highest BCUT2D eigenvalue weighted by Gasteiger charge is 2.17. The van der Waals surface area contributed by atoms with Crippen molar-refractivity contribution < 1.29 is 4.79 Å². The van der Waals surface area contributed by atoms with Crippen molar-refractivity contribution in [2.75, 3.05) is 13.1 Å². The second-order valence-electron chi connectivity index (χ2n) is 6.48. The number of carbonyl (C=O) groups is 1. The monoisotopic (exact) mass is 268 g/mol. The molecule has 0 aliphatic heterocycles. The second kappa shape index (κ2) is 9.35. The third-order valence-corrected chi connectivity index (χ3v) is 4.14. The van der Waals surface area contributed by atoms with Crippen molar-refractivity contribution in [3.63, 3.8) is 0 Å². The zero-order valence-corrected chi connectivity index (χ0v) is 13.0. The first-order valence-corrected chi connectivity index (χ1v) is 8.08. The highest BCUT2D eigenvalue weighted by atomic mass is 16.1. The molecular formula is C16H32N2O. The van der Waals surface area contributed by atoms with Crippen molar-refractivity contribution in [1.29, 1.82) is 0 Å². The molecular weight excluding hydrogens is 236 g/mol. The van der Waals surface area contributed by atoms with Gasteiger partial charge in [0.15, 0.2) is 0 Å². The number of hydrogen-bond donors (Lipinski definition) is 2. The number of rotatable bonds is 8. The third kappa shape index (κ3) is 8.25. The molecule has 3 heteroatoms. The van der Waals surface area contributed by atoms with E-state index in [1.54, 1.807) is 0 Å². The summed E-state index contributed by atoms with van der Waals surface area (Å²) >= 11 is 0. The molecule has 0 atom stereocenters. The van der Waals surface area contributed by atoms with Crippen molar-refractivity contribution in [2.45, 2.75) is 71.8 Å². The zero-order chi connectivity index (χ0) is 14.1. The lowest BCUT2D eigenvalue weighted by molar-refractivity contribution is -0.121. The number of nitrogens with one attached hydrogen (secondary N) is 2. The lowest BCUT2D eigenvalue weighted by atomic mass is 9.81. The lowest BCUT2D eigenvalue weighted by Gasteiger charge is -2.26. The smallest absolute Gasteiger partial charge is 0.220 e. The van der Waals surface area contributed by atoms with Gasteiger partial charge in [0, 0.05) is 19.0 Å². The molecule has 0 aromatic rings. The first-order valence-electron chi connectivity index (χ1n) is 8.08. The molecule has 0 heterocycles. The normalized spacial score (nSPS) is 23.6. The van der Waals surface area contributed by atoms with Crippen LogP contribution in [0.1, 0.15) is 65.7 Å². The molecule has 19 heavy (non-hydrogen) atoms. The van der Waals surface area contributed by atoms with E-state index in [-0.39, 0.29) is 5.91 Å². The number of amides is 1. The van der Waals surface area contributed by atoms with Crippen molar-refractivity contribution in [3.05, 3.63) is 0 Å². The van der Waals surface area contributed by atoms with Crippen LogP contribution in [0.4, 0.5) is 0 Å². The van der Waals surface area contributed by atoms with Crippen LogP contribution < -0.4 is 10.6 Å². The van der Waals surface area contributed by atoms with Gasteiger partial charge < -0.3 is 10.6 Å². The van der Waals surface area contributed by atoms with E-state index >= 15 is 0 Å². The Bertz CT molecular complexity index is 245. The summed E-state index contributed by atoms with van der Waals surface area (Å²) in [5.41, 5.74) is 0. The van der Waals surface area contributed by atoms with Gasteiger partial charge in [0.25, 0.3) is 0 Å². The Morgan fingerprint density at radius 1 is 1.16 bits per heavy atom. The zero-order valence-electron chi connectivity index (χ0n) is 13.0. The first kappa shape index (κ1) is 16.5. The summed E-state index contributed by atoms with van der Waals surface area (Å²) in [5.74, 6) is 1.98. The highest BCUT2D eigenvalue weighted by Crippen LogP contribution is 2.29. The maximum absolute atomic E-state index is 11.6. The molecule has 0 spiro atoms. The van der Waals surface area contributed by atoms with Crippen molar-refractivity contribution in [2.24, 2.45) is 11.8 Å². The summed E-state index contributed by atoms with van der Waals surface area (Å²) in [6.07, 6.45) is 8.22. The minimum absolute atomic E-state index is 0.217. The van der Waals surface area contributed by atoms with Crippen molar-refractivity contribution in [3.8, 4) is 0 Å². The molecule has 1 saturated carbocycles. The molecule has 1 fully saturated rings. The molecule has 0 aromatic heterocycles. The van der Waals surface area contributed by atoms with Gasteiger partial charge in [0.2, 0.25) is 5.91 Å². The molecule has 0 unspecified atom stereocenters. The van der Waals surface area contributed by atoms with E-state index in [0.717, 1.165) is 31.3 Å². The summed E-state index contributed by atoms with van der Waals surface area (Å²) in [7, 11) is 0. The summed E-state index contributed by atoms with van der Waals surface area (Å²) in [6.45, 7) is 8.42. The van der Waals surface area contributed by atoms with Gasteiger partial charge in [-0.2, -0.15) is 0 Å². The maximum atomic E-state index is 11.6. The van der Waals surface area contributed by atoms with Crippen LogP contribution >= 0.6 is 0 Å². The Labute approximate surface area is 118 Å². The Morgan fingerprint density at radius 2 is 1.84 bits per heavy atom. The fraction of sp³-hybridized carbons (Fsp3) is 0.938. The maximum Gasteiger partial charge on any atom is 0.220 e. The summed E-state index contributed by atoms with van der Waals surface area (Å²) in [6, 6.07) is 0.511. The van der Waals surface area contributed by atoms with Crippen LogP contribution in [-0.2, 0) is 4.79 Å². The van der Waals surface area contributed by atoms with Crippen LogP contribution in [0.5, 0.6) is 0 Å². The van der Waals surface area contributed by atoms with Crippen LogP contribution in [0.15, 0.2) is 0 Å². The van der Waals surface area contributed by atoms with Gasteiger partial charge in [0.1, 0.15) is 0 Å². The van der Waals surface area contributed by atoms with E-state index in [4.69, 9.17) is 0 Å². The molecule has 112 valence electrons. The van der Waals surface area contributed by atoms with E-state index in [9.17, 15) is 4.79 Å². The van der Waals surface area contributed by atoms with Crippen LogP contribution in [0.25, 0.3) is 0 Å². The SMILES string of the molecule is CC1CCC(CCNC(=O)CCCNC(C)C)CC1. The van der Waals surface area contributed by atoms with Crippen LogP contribution in [0.3, 0.4) is 0 Å². The van der Waals surface area contributed by atoms with Gasteiger partial charge in [-0.1, -0.05) is 46.5 Å². The van der Waals surface area contributed by atoms with E-state index in [2.05, 4.69) is 31.4 Å². The van der Waals surface area contributed by atoms with E-state index < -0.39 is 0 Å². The molecule has 1 rings (SSSR count). The molecule has 0 aromatic carbocycles. The predicted molar refractivity (Wildman–Crippen MR) is 81.1 cm³/mol. The van der Waals surface area contributed by atoms with E-state index in [0.29, 0.717) is 12.5 Å². The number of carbonyl (C=O) groups excluding carboxylic acids is 1. The molecule has 0 radical (unpaired) electrons. The summed E-state index contributed by atoms with van der Waals surface area (Å²) in [5, 5.41) is 6.40. The third-order valence-electron chi connectivity index (χ3n) is 4.14. The van der Waals surface area contributed by atoms with Crippen LogP contribution in [0.2, 0.25) is 0 Å². The van der Waals surface area contributed by atoms with Crippen LogP contribution in [0, 0.1) is 11.8 Å². The number of hydrogen-bond acceptors (Lipinski definition) is 2. The Balaban J connectivity index is 1.95. The fourth-order valence-corrected chi connectivity index (χ4v) is 2.76. The van der Waals surface area contributed by atoms with Crippen molar-refractivity contribution >= 4 is 5.91 Å². The Kier molecular flexibility index (Phi) is 8.11. The largest absolute Gasteiger partial charge is 0.356 e. The quantitative estimate of drug-likeness (QED) is 0.664. The molecule has 1 amide bonds. The highest BCUT2D eigenvalue weighted by molar-refractivity contribution is 5.75. The van der Waals surface area contributed by atoms with Gasteiger partial charge in [-0.15, -0.1) is 0 Å². The van der Waals surface area contributed by atoms with E-state index in [1.807, 2.05) is 0 Å². The van der Waals surface area contributed by atoms with Gasteiger partial charge in [0.05, 0.1) is 0 Å². The van der Waals surface area contributed by atoms with Crippen LogP contribution in [-0.4, -0.2) is 25.0 Å². The molecule has 3 nitrogen and oxygen atoms in total. The molecule has 2 N–H and O–H groups in total. The first-order chi connectivity index (χ1) is 9.08. The van der Waals surface area contributed by atoms with Gasteiger partial charge in [-0.05, 0) is 31.2 Å². The predicted octanol–water partition coefficient (Wildman–Crippen LogP) is 3.10. The summed E-state index contributed by atoms with van der Waals surface area (Å²) < 4.78 is 0. The van der Waals surface area contributed by atoms with Gasteiger partial charge in [-0.25, -0.2) is 0 Å². The average molecular weight is 268 g/mol.